The summed E-state index contributed by atoms with van der Waals surface area (Å²) in [5.41, 5.74) is 5.88. The Labute approximate surface area is 113 Å². The van der Waals surface area contributed by atoms with Gasteiger partial charge in [0.1, 0.15) is 17.1 Å². The molecule has 7 nitrogen and oxygen atoms in total. The molecule has 2 rings (SSSR count). The van der Waals surface area contributed by atoms with Crippen LogP contribution in [0.15, 0.2) is 23.4 Å². The lowest BCUT2D eigenvalue weighted by atomic mass is 10.0. The van der Waals surface area contributed by atoms with Gasteiger partial charge in [-0.15, -0.1) is 11.8 Å². The van der Waals surface area contributed by atoms with Crippen molar-refractivity contribution in [1.29, 1.82) is 0 Å². The first-order valence-electron chi connectivity index (χ1n) is 5.40. The molecule has 0 aromatic carbocycles. The fourth-order valence-corrected chi connectivity index (χ4v) is 3.17. The number of esters is 1. The first-order chi connectivity index (χ1) is 8.97. The minimum Gasteiger partial charge on any atom is -0.477 e. The normalized spacial score (nSPS) is 26.2. The topological polar surface area (TPSA) is 110 Å². The summed E-state index contributed by atoms with van der Waals surface area (Å²) in [5.74, 6) is -1.85. The van der Waals surface area contributed by atoms with Crippen molar-refractivity contribution in [1.82, 2.24) is 4.90 Å². The van der Waals surface area contributed by atoms with Gasteiger partial charge in [0.25, 0.3) is 0 Å². The van der Waals surface area contributed by atoms with Gasteiger partial charge in [-0.3, -0.25) is 9.69 Å². The summed E-state index contributed by atoms with van der Waals surface area (Å²) >= 11 is 1.37. The number of carbonyl (C=O) groups is 3. The Morgan fingerprint density at radius 1 is 1.58 bits per heavy atom. The molecule has 3 N–H and O–H groups in total. The maximum absolute atomic E-state index is 11.6. The fraction of sp³-hybridized carbons (Fsp3) is 0.364. The summed E-state index contributed by atoms with van der Waals surface area (Å²) < 4.78 is 4.43. The van der Waals surface area contributed by atoms with Gasteiger partial charge >= 0.3 is 11.9 Å². The third kappa shape index (κ3) is 2.24. The Balaban J connectivity index is 2.33. The molecule has 2 aliphatic rings. The summed E-state index contributed by atoms with van der Waals surface area (Å²) in [6, 6.07) is -0.662. The lowest BCUT2D eigenvalue weighted by Gasteiger charge is -2.47. The summed E-state index contributed by atoms with van der Waals surface area (Å²) in [7, 11) is 1.22. The van der Waals surface area contributed by atoms with Gasteiger partial charge in [-0.25, -0.2) is 9.59 Å². The van der Waals surface area contributed by atoms with Gasteiger partial charge in [0.2, 0.25) is 5.91 Å². The van der Waals surface area contributed by atoms with Crippen molar-refractivity contribution in [3.63, 3.8) is 0 Å². The number of carboxylic acid groups (broad SMARTS) is 1. The Kier molecular flexibility index (Phi) is 3.63. The number of ether oxygens (including phenoxy) is 1. The van der Waals surface area contributed by atoms with Crippen LogP contribution >= 0.6 is 11.8 Å². The number of methoxy groups -OCH3 is 1. The first-order valence-corrected chi connectivity index (χ1v) is 6.45. The molecule has 0 aromatic rings. The van der Waals surface area contributed by atoms with Crippen molar-refractivity contribution in [2.24, 2.45) is 5.73 Å². The molecule has 2 atom stereocenters. The van der Waals surface area contributed by atoms with E-state index in [9.17, 15) is 19.5 Å². The van der Waals surface area contributed by atoms with E-state index < -0.39 is 23.9 Å². The third-order valence-electron chi connectivity index (χ3n) is 2.86. The van der Waals surface area contributed by atoms with Gasteiger partial charge in [0, 0.05) is 11.8 Å². The standard InChI is InChI=1S/C11H12N2O5S/c1-18-6(14)3-2-5-4-19-10-7(12)9(15)13(10)8(5)11(16)17/h2-3,7,10H,4,12H2,1H3,(H,16,17)/t7?,10-/m0/s1. The number of carboxylic acids is 1. The SMILES string of the molecule is COC(=O)C=CC1=C(C(=O)O)N2C(=O)C(N)[C@@H]2SC1. The number of allylic oxidation sites excluding steroid dienone is 1. The zero-order chi connectivity index (χ0) is 14.2. The minimum absolute atomic E-state index is 0.115. The van der Waals surface area contributed by atoms with Crippen molar-refractivity contribution in [2.75, 3.05) is 12.9 Å². The van der Waals surface area contributed by atoms with Crippen LogP contribution in [0, 0.1) is 0 Å². The van der Waals surface area contributed by atoms with Crippen molar-refractivity contribution >= 4 is 29.6 Å². The van der Waals surface area contributed by atoms with Gasteiger partial charge in [-0.1, -0.05) is 0 Å². The quantitative estimate of drug-likeness (QED) is 0.400. The molecule has 1 amide bonds. The summed E-state index contributed by atoms with van der Waals surface area (Å²) in [6.07, 6.45) is 2.49. The second kappa shape index (κ2) is 5.06. The molecule has 0 spiro atoms. The summed E-state index contributed by atoms with van der Waals surface area (Å²) in [4.78, 5) is 35.1. The van der Waals surface area contributed by atoms with Gasteiger partial charge in [0.05, 0.1) is 7.11 Å². The van der Waals surface area contributed by atoms with Crippen LogP contribution in [0.2, 0.25) is 0 Å². The van der Waals surface area contributed by atoms with Crippen LogP contribution in [0.3, 0.4) is 0 Å². The highest BCUT2D eigenvalue weighted by Crippen LogP contribution is 2.39. The molecular weight excluding hydrogens is 272 g/mol. The van der Waals surface area contributed by atoms with Crippen molar-refractivity contribution in [2.45, 2.75) is 11.4 Å². The highest BCUT2D eigenvalue weighted by atomic mass is 32.2. The number of nitrogens with two attached hydrogens (primary N) is 1. The van der Waals surface area contributed by atoms with Gasteiger partial charge in [-0.05, 0) is 11.6 Å². The molecule has 8 heteroatoms. The second-order valence-electron chi connectivity index (χ2n) is 3.97. The van der Waals surface area contributed by atoms with Crippen molar-refractivity contribution < 1.29 is 24.2 Å². The second-order valence-corrected chi connectivity index (χ2v) is 5.08. The number of rotatable bonds is 3. The van der Waals surface area contributed by atoms with E-state index in [0.717, 1.165) is 11.0 Å². The predicted octanol–water partition coefficient (Wildman–Crippen LogP) is -0.703. The molecule has 102 valence electrons. The smallest absolute Gasteiger partial charge is 0.352 e. The zero-order valence-corrected chi connectivity index (χ0v) is 10.8. The average Bonchev–Trinajstić information content (AvgIpc) is 2.42. The molecule has 0 aromatic heterocycles. The van der Waals surface area contributed by atoms with Gasteiger partial charge in [0.15, 0.2) is 0 Å². The van der Waals surface area contributed by atoms with Gasteiger partial charge < -0.3 is 15.6 Å². The molecule has 19 heavy (non-hydrogen) atoms. The summed E-state index contributed by atoms with van der Waals surface area (Å²) in [6.45, 7) is 0. The number of carbonyl (C=O) groups excluding carboxylic acids is 2. The van der Waals surface area contributed by atoms with E-state index in [0.29, 0.717) is 11.3 Å². The number of hydrogen-bond acceptors (Lipinski definition) is 6. The highest BCUT2D eigenvalue weighted by molar-refractivity contribution is 8.00. The van der Waals surface area contributed by atoms with E-state index in [2.05, 4.69) is 4.74 Å². The number of thioether (sulfide) groups is 1. The van der Waals surface area contributed by atoms with Crippen LogP contribution in [-0.2, 0) is 19.1 Å². The van der Waals surface area contributed by atoms with Crippen LogP contribution in [-0.4, -0.2) is 52.1 Å². The van der Waals surface area contributed by atoms with Gasteiger partial charge in [-0.2, -0.15) is 0 Å². The van der Waals surface area contributed by atoms with Crippen LogP contribution in [0.1, 0.15) is 0 Å². The molecule has 0 saturated carbocycles. The Morgan fingerprint density at radius 3 is 2.84 bits per heavy atom. The Bertz CT molecular complexity index is 513. The molecule has 0 bridgehead atoms. The molecule has 2 heterocycles. The van der Waals surface area contributed by atoms with Crippen molar-refractivity contribution in [3.05, 3.63) is 23.4 Å². The number of fused-ring (bicyclic) bond motifs is 1. The monoisotopic (exact) mass is 284 g/mol. The third-order valence-corrected chi connectivity index (χ3v) is 4.19. The molecule has 0 aliphatic carbocycles. The van der Waals surface area contributed by atoms with Crippen LogP contribution in [0.25, 0.3) is 0 Å². The van der Waals surface area contributed by atoms with E-state index in [4.69, 9.17) is 5.73 Å². The molecule has 1 saturated heterocycles. The minimum atomic E-state index is -1.21. The number of nitrogens with zero attached hydrogens (tertiary/aromatic N) is 1. The highest BCUT2D eigenvalue weighted by Gasteiger charge is 2.51. The Morgan fingerprint density at radius 2 is 2.26 bits per heavy atom. The molecule has 1 fully saturated rings. The van der Waals surface area contributed by atoms with E-state index >= 15 is 0 Å². The number of amides is 1. The fourth-order valence-electron chi connectivity index (χ4n) is 1.90. The first kappa shape index (κ1) is 13.6. The predicted molar refractivity (Wildman–Crippen MR) is 66.9 cm³/mol. The number of aliphatic carboxylic acids is 1. The van der Waals surface area contributed by atoms with Crippen LogP contribution in [0.4, 0.5) is 0 Å². The molecule has 1 unspecified atom stereocenters. The Hall–Kier alpha value is -1.80. The molecular formula is C11H12N2O5S. The van der Waals surface area contributed by atoms with Crippen LogP contribution < -0.4 is 5.73 Å². The number of hydrogen-bond donors (Lipinski definition) is 2. The molecule has 2 aliphatic heterocycles. The lowest BCUT2D eigenvalue weighted by molar-refractivity contribution is -0.147. The molecule has 0 radical (unpaired) electrons. The zero-order valence-electron chi connectivity index (χ0n) is 10.0. The van der Waals surface area contributed by atoms with Crippen molar-refractivity contribution in [3.8, 4) is 0 Å². The van der Waals surface area contributed by atoms with E-state index in [1.807, 2.05) is 0 Å². The average molecular weight is 284 g/mol. The summed E-state index contributed by atoms with van der Waals surface area (Å²) in [5, 5.41) is 8.87. The van der Waals surface area contributed by atoms with E-state index in [1.165, 1.54) is 24.9 Å². The lowest BCUT2D eigenvalue weighted by Crippen LogP contribution is -2.68. The van der Waals surface area contributed by atoms with E-state index in [-0.39, 0.29) is 11.1 Å². The maximum Gasteiger partial charge on any atom is 0.352 e. The van der Waals surface area contributed by atoms with Crippen LogP contribution in [0.5, 0.6) is 0 Å². The largest absolute Gasteiger partial charge is 0.477 e. The van der Waals surface area contributed by atoms with E-state index in [1.54, 1.807) is 0 Å². The number of β-lactam (4-membered cyclic amide) rings is 1. The maximum atomic E-state index is 11.6.